The SMILES string of the molecule is CC.CN1CCC(N2C=C(c3cnc(N)c(-c4nc5ccccc5o4)c3)C(N(C)C)N2)CC1. The second kappa shape index (κ2) is 9.91. The van der Waals surface area contributed by atoms with E-state index >= 15 is 0 Å². The Morgan fingerprint density at radius 1 is 1.15 bits per heavy atom. The Bertz CT molecular complexity index is 1080. The Morgan fingerprint density at radius 2 is 1.88 bits per heavy atom. The van der Waals surface area contributed by atoms with Crippen LogP contribution in [0.3, 0.4) is 0 Å². The second-order valence-corrected chi connectivity index (χ2v) is 8.66. The zero-order chi connectivity index (χ0) is 23.5. The lowest BCUT2D eigenvalue weighted by Crippen LogP contribution is -2.50. The molecule has 0 aliphatic carbocycles. The highest BCUT2D eigenvalue weighted by Crippen LogP contribution is 2.33. The number of aromatic nitrogens is 2. The summed E-state index contributed by atoms with van der Waals surface area (Å²) in [6, 6.07) is 10.2. The Hall–Kier alpha value is -2.94. The number of hydrogen-bond donors (Lipinski definition) is 2. The first-order chi connectivity index (χ1) is 16.0. The van der Waals surface area contributed by atoms with E-state index in [-0.39, 0.29) is 6.17 Å². The van der Waals surface area contributed by atoms with Crippen molar-refractivity contribution in [2.24, 2.45) is 0 Å². The monoisotopic (exact) mass is 449 g/mol. The number of likely N-dealkylation sites (N-methyl/N-ethyl adjacent to an activating group) is 1. The second-order valence-electron chi connectivity index (χ2n) is 8.66. The molecule has 176 valence electrons. The van der Waals surface area contributed by atoms with Gasteiger partial charge in [-0.1, -0.05) is 26.0 Å². The van der Waals surface area contributed by atoms with Crippen molar-refractivity contribution in [3.63, 3.8) is 0 Å². The van der Waals surface area contributed by atoms with Crippen molar-refractivity contribution >= 4 is 22.5 Å². The maximum atomic E-state index is 6.22. The van der Waals surface area contributed by atoms with Gasteiger partial charge in [-0.05, 0) is 65.3 Å². The molecule has 2 aliphatic rings. The summed E-state index contributed by atoms with van der Waals surface area (Å²) in [5.74, 6) is 0.906. The van der Waals surface area contributed by atoms with Crippen LogP contribution in [0, 0.1) is 0 Å². The van der Waals surface area contributed by atoms with Crippen LogP contribution in [-0.4, -0.2) is 71.2 Å². The largest absolute Gasteiger partial charge is 0.436 e. The number of hydrogen-bond acceptors (Lipinski definition) is 8. The maximum Gasteiger partial charge on any atom is 0.231 e. The smallest absolute Gasteiger partial charge is 0.231 e. The number of pyridine rings is 1. The number of nitrogens with one attached hydrogen (secondary N) is 1. The molecule has 1 unspecified atom stereocenters. The van der Waals surface area contributed by atoms with Gasteiger partial charge in [0.25, 0.3) is 0 Å². The number of benzene rings is 1. The number of nitrogens with zero attached hydrogens (tertiary/aromatic N) is 5. The Kier molecular flexibility index (Phi) is 6.97. The molecule has 5 rings (SSSR count). The van der Waals surface area contributed by atoms with Crippen molar-refractivity contribution < 1.29 is 4.42 Å². The third kappa shape index (κ3) is 4.73. The fourth-order valence-corrected chi connectivity index (χ4v) is 4.37. The number of fused-ring (bicyclic) bond motifs is 1. The summed E-state index contributed by atoms with van der Waals surface area (Å²) in [4.78, 5) is 13.7. The first-order valence-electron chi connectivity index (χ1n) is 11.7. The Morgan fingerprint density at radius 3 is 2.58 bits per heavy atom. The molecule has 0 amide bonds. The molecular weight excluding hydrogens is 414 g/mol. The molecule has 1 aromatic carbocycles. The van der Waals surface area contributed by atoms with Crippen molar-refractivity contribution in [3.8, 4) is 11.5 Å². The number of anilines is 1. The molecule has 0 spiro atoms. The van der Waals surface area contributed by atoms with Crippen LogP contribution in [0.5, 0.6) is 0 Å². The van der Waals surface area contributed by atoms with Gasteiger partial charge in [0.05, 0.1) is 5.56 Å². The van der Waals surface area contributed by atoms with E-state index in [1.807, 2.05) is 50.4 Å². The summed E-state index contributed by atoms with van der Waals surface area (Å²) in [5, 5.41) is 2.28. The normalized spacial score (nSPS) is 19.6. The number of piperidine rings is 1. The van der Waals surface area contributed by atoms with Gasteiger partial charge in [0, 0.05) is 29.6 Å². The van der Waals surface area contributed by atoms with E-state index in [0.717, 1.165) is 48.2 Å². The molecule has 3 aromatic rings. The van der Waals surface area contributed by atoms with Crippen molar-refractivity contribution in [1.82, 2.24) is 30.2 Å². The van der Waals surface area contributed by atoms with Gasteiger partial charge in [-0.3, -0.25) is 4.90 Å². The van der Waals surface area contributed by atoms with Gasteiger partial charge in [0.2, 0.25) is 5.89 Å². The van der Waals surface area contributed by atoms with Gasteiger partial charge in [-0.25, -0.2) is 15.4 Å². The number of hydrazine groups is 1. The maximum absolute atomic E-state index is 6.22. The molecule has 1 saturated heterocycles. The van der Waals surface area contributed by atoms with Crippen LogP contribution in [0.1, 0.15) is 32.3 Å². The minimum Gasteiger partial charge on any atom is -0.436 e. The minimum atomic E-state index is 0.0570. The van der Waals surface area contributed by atoms with Gasteiger partial charge >= 0.3 is 0 Å². The summed E-state index contributed by atoms with van der Waals surface area (Å²) in [7, 11) is 6.34. The predicted molar refractivity (Wildman–Crippen MR) is 134 cm³/mol. The van der Waals surface area contributed by atoms with Crippen LogP contribution >= 0.6 is 0 Å². The van der Waals surface area contributed by atoms with Crippen LogP contribution in [0.4, 0.5) is 5.82 Å². The number of rotatable bonds is 4. The molecule has 1 atom stereocenters. The summed E-state index contributed by atoms with van der Waals surface area (Å²) >= 11 is 0. The molecule has 33 heavy (non-hydrogen) atoms. The van der Waals surface area contributed by atoms with Gasteiger partial charge in [-0.2, -0.15) is 0 Å². The van der Waals surface area contributed by atoms with E-state index in [9.17, 15) is 0 Å². The lowest BCUT2D eigenvalue weighted by atomic mass is 10.0. The van der Waals surface area contributed by atoms with Crippen molar-refractivity contribution in [2.45, 2.75) is 38.9 Å². The van der Waals surface area contributed by atoms with Crippen LogP contribution in [-0.2, 0) is 0 Å². The molecule has 2 aliphatic heterocycles. The molecular formula is C25H35N7O. The number of para-hydroxylation sites is 2. The zero-order valence-corrected chi connectivity index (χ0v) is 20.2. The molecule has 8 heteroatoms. The van der Waals surface area contributed by atoms with E-state index in [2.05, 4.69) is 57.5 Å². The van der Waals surface area contributed by atoms with Crippen LogP contribution < -0.4 is 11.2 Å². The summed E-state index contributed by atoms with van der Waals surface area (Å²) in [6.45, 7) is 6.23. The molecule has 1 fully saturated rings. The Balaban J connectivity index is 0.00000126. The van der Waals surface area contributed by atoms with E-state index in [1.54, 1.807) is 0 Å². The average molecular weight is 450 g/mol. The summed E-state index contributed by atoms with van der Waals surface area (Å²) < 4.78 is 5.96. The Labute approximate surface area is 196 Å². The van der Waals surface area contributed by atoms with Gasteiger partial charge < -0.3 is 20.1 Å². The fraction of sp³-hybridized carbons (Fsp3) is 0.440. The topological polar surface area (TPSA) is 86.7 Å². The van der Waals surface area contributed by atoms with Crippen molar-refractivity contribution in [3.05, 3.63) is 48.3 Å². The van der Waals surface area contributed by atoms with Gasteiger partial charge in [0.1, 0.15) is 17.5 Å². The first kappa shape index (κ1) is 23.2. The number of nitrogens with two attached hydrogens (primary N) is 1. The van der Waals surface area contributed by atoms with E-state index < -0.39 is 0 Å². The van der Waals surface area contributed by atoms with Gasteiger partial charge in [0.15, 0.2) is 5.58 Å². The molecule has 4 heterocycles. The average Bonchev–Trinajstić information content (AvgIpc) is 3.46. The lowest BCUT2D eigenvalue weighted by molar-refractivity contribution is 0.101. The quantitative estimate of drug-likeness (QED) is 0.624. The van der Waals surface area contributed by atoms with E-state index in [4.69, 9.17) is 10.2 Å². The highest BCUT2D eigenvalue weighted by molar-refractivity contribution is 5.81. The number of oxazole rings is 1. The standard InChI is InChI=1S/C23H29N7O.C2H6/c1-28(2)22-18(14-30(27-22)16-8-10-29(3)11-9-16)15-12-17(21(24)25-13-15)23-26-19-6-4-5-7-20(19)31-23;1-2/h4-7,12-14,16,22,27H,8-11H2,1-3H3,(H2,24,25);1-2H3. The summed E-state index contributed by atoms with van der Waals surface area (Å²) in [5.41, 5.74) is 14.3. The van der Waals surface area contributed by atoms with Crippen LogP contribution in [0.25, 0.3) is 28.1 Å². The van der Waals surface area contributed by atoms with Crippen LogP contribution in [0.15, 0.2) is 47.1 Å². The van der Waals surface area contributed by atoms with Crippen LogP contribution in [0.2, 0.25) is 0 Å². The molecule has 0 saturated carbocycles. The minimum absolute atomic E-state index is 0.0570. The fourth-order valence-electron chi connectivity index (χ4n) is 4.37. The molecule has 3 N–H and O–H groups in total. The van der Waals surface area contributed by atoms with E-state index in [0.29, 0.717) is 23.3 Å². The third-order valence-electron chi connectivity index (χ3n) is 6.22. The molecule has 0 bridgehead atoms. The number of nitrogen functional groups attached to an aromatic ring is 1. The highest BCUT2D eigenvalue weighted by Gasteiger charge is 2.32. The van der Waals surface area contributed by atoms with Crippen molar-refractivity contribution in [1.29, 1.82) is 0 Å². The molecule has 2 aromatic heterocycles. The first-order valence-corrected chi connectivity index (χ1v) is 11.7. The summed E-state index contributed by atoms with van der Waals surface area (Å²) in [6.07, 6.45) is 6.40. The number of likely N-dealkylation sites (tertiary alicyclic amines) is 1. The lowest BCUT2D eigenvalue weighted by Gasteiger charge is -2.36. The molecule has 8 nitrogen and oxygen atoms in total. The van der Waals surface area contributed by atoms with E-state index in [1.165, 1.54) is 0 Å². The molecule has 0 radical (unpaired) electrons. The highest BCUT2D eigenvalue weighted by atomic mass is 16.3. The van der Waals surface area contributed by atoms with Crippen molar-refractivity contribution in [2.75, 3.05) is 40.0 Å². The third-order valence-corrected chi connectivity index (χ3v) is 6.22. The zero-order valence-electron chi connectivity index (χ0n) is 20.2. The van der Waals surface area contributed by atoms with Gasteiger partial charge in [-0.15, -0.1) is 0 Å². The predicted octanol–water partition coefficient (Wildman–Crippen LogP) is 3.64.